The summed E-state index contributed by atoms with van der Waals surface area (Å²) in [4.78, 5) is 0.923. The van der Waals surface area contributed by atoms with Gasteiger partial charge in [-0.3, -0.25) is 0 Å². The molecule has 0 aromatic heterocycles. The second kappa shape index (κ2) is 5.77. The minimum atomic E-state index is -0.232. The van der Waals surface area contributed by atoms with E-state index >= 15 is 0 Å². The lowest BCUT2D eigenvalue weighted by atomic mass is 10.1. The minimum absolute atomic E-state index is 0.232. The van der Waals surface area contributed by atoms with Crippen molar-refractivity contribution >= 4 is 23.1 Å². The van der Waals surface area contributed by atoms with E-state index in [1.165, 1.54) is 17.8 Å². The summed E-state index contributed by atoms with van der Waals surface area (Å²) >= 11 is 1.53. The maximum absolute atomic E-state index is 13.2. The number of aryl methyl sites for hydroxylation is 1. The summed E-state index contributed by atoms with van der Waals surface area (Å²) in [6.45, 7) is 1.71. The lowest BCUT2D eigenvalue weighted by molar-refractivity contribution is 0.619. The highest BCUT2D eigenvalue weighted by atomic mass is 32.2. The van der Waals surface area contributed by atoms with Crippen molar-refractivity contribution < 1.29 is 4.39 Å². The van der Waals surface area contributed by atoms with Gasteiger partial charge in [0.1, 0.15) is 11.9 Å². The Morgan fingerprint density at radius 1 is 1.26 bits per heavy atom. The largest absolute Gasteiger partial charge is 0.354 e. The molecule has 0 atom stereocenters. The first kappa shape index (κ1) is 13.4. The van der Waals surface area contributed by atoms with E-state index in [1.807, 2.05) is 24.5 Å². The Labute approximate surface area is 116 Å². The SMILES string of the molecule is CSc1cccc(Nc2ccc(F)c(C)c2)c1C#N. The van der Waals surface area contributed by atoms with E-state index < -0.39 is 0 Å². The zero-order valence-corrected chi connectivity index (χ0v) is 11.5. The van der Waals surface area contributed by atoms with Gasteiger partial charge in [-0.1, -0.05) is 6.07 Å². The van der Waals surface area contributed by atoms with Crippen LogP contribution in [0.5, 0.6) is 0 Å². The third-order valence-corrected chi connectivity index (χ3v) is 3.57. The third-order valence-electron chi connectivity index (χ3n) is 2.79. The molecule has 0 bridgehead atoms. The number of thioether (sulfide) groups is 1. The highest BCUT2D eigenvalue weighted by molar-refractivity contribution is 7.98. The fourth-order valence-corrected chi connectivity index (χ4v) is 2.37. The van der Waals surface area contributed by atoms with Crippen molar-refractivity contribution in [3.63, 3.8) is 0 Å². The molecular formula is C15H13FN2S. The van der Waals surface area contributed by atoms with Crippen LogP contribution in [-0.2, 0) is 0 Å². The Hall–Kier alpha value is -1.99. The van der Waals surface area contributed by atoms with Crippen LogP contribution in [0.1, 0.15) is 11.1 Å². The number of anilines is 2. The van der Waals surface area contributed by atoms with Crippen molar-refractivity contribution in [1.82, 2.24) is 0 Å². The molecule has 0 aliphatic rings. The normalized spacial score (nSPS) is 10.0. The standard InChI is InChI=1S/C15H13FN2S/c1-10-8-11(6-7-13(10)16)18-14-4-3-5-15(19-2)12(14)9-17/h3-8,18H,1-2H3. The fourth-order valence-electron chi connectivity index (χ4n) is 1.80. The van der Waals surface area contributed by atoms with Crippen molar-refractivity contribution in [2.45, 2.75) is 11.8 Å². The van der Waals surface area contributed by atoms with Crippen LogP contribution in [0.15, 0.2) is 41.3 Å². The first-order valence-corrected chi connectivity index (χ1v) is 6.98. The predicted octanol–water partition coefficient (Wildman–Crippen LogP) is 4.47. The van der Waals surface area contributed by atoms with Gasteiger partial charge in [-0.2, -0.15) is 5.26 Å². The topological polar surface area (TPSA) is 35.8 Å². The summed E-state index contributed by atoms with van der Waals surface area (Å²) in [6, 6.07) is 12.7. The summed E-state index contributed by atoms with van der Waals surface area (Å²) in [6.07, 6.45) is 1.93. The Morgan fingerprint density at radius 3 is 2.68 bits per heavy atom. The molecule has 2 nitrogen and oxygen atoms in total. The molecular weight excluding hydrogens is 259 g/mol. The first-order valence-electron chi connectivity index (χ1n) is 5.76. The summed E-state index contributed by atoms with van der Waals surface area (Å²) in [7, 11) is 0. The van der Waals surface area contributed by atoms with E-state index in [0.29, 0.717) is 11.1 Å². The summed E-state index contributed by atoms with van der Waals surface area (Å²) in [5.41, 5.74) is 2.69. The smallest absolute Gasteiger partial charge is 0.126 e. The van der Waals surface area contributed by atoms with Gasteiger partial charge in [-0.15, -0.1) is 11.8 Å². The fraction of sp³-hybridized carbons (Fsp3) is 0.133. The van der Waals surface area contributed by atoms with E-state index in [-0.39, 0.29) is 5.82 Å². The van der Waals surface area contributed by atoms with Crippen LogP contribution >= 0.6 is 11.8 Å². The van der Waals surface area contributed by atoms with E-state index in [4.69, 9.17) is 0 Å². The number of nitriles is 1. The lowest BCUT2D eigenvalue weighted by Gasteiger charge is -2.11. The van der Waals surface area contributed by atoms with Crippen LogP contribution in [0, 0.1) is 24.1 Å². The Kier molecular flexibility index (Phi) is 4.08. The highest BCUT2D eigenvalue weighted by Gasteiger charge is 2.08. The molecule has 1 N–H and O–H groups in total. The number of rotatable bonds is 3. The van der Waals surface area contributed by atoms with Gasteiger partial charge in [-0.25, -0.2) is 4.39 Å². The van der Waals surface area contributed by atoms with Gasteiger partial charge in [0.05, 0.1) is 11.3 Å². The molecule has 0 fully saturated rings. The monoisotopic (exact) mass is 272 g/mol. The van der Waals surface area contributed by atoms with Crippen molar-refractivity contribution in [2.24, 2.45) is 0 Å². The summed E-state index contributed by atoms with van der Waals surface area (Å²) in [5.74, 6) is -0.232. The maximum atomic E-state index is 13.2. The molecule has 2 aromatic rings. The predicted molar refractivity (Wildman–Crippen MR) is 77.4 cm³/mol. The summed E-state index contributed by atoms with van der Waals surface area (Å²) in [5, 5.41) is 12.4. The molecule has 4 heteroatoms. The van der Waals surface area contributed by atoms with Crippen molar-refractivity contribution in [1.29, 1.82) is 5.26 Å². The van der Waals surface area contributed by atoms with E-state index in [9.17, 15) is 9.65 Å². The second-order valence-corrected chi connectivity index (χ2v) is 4.93. The van der Waals surface area contributed by atoms with Crippen molar-refractivity contribution in [3.05, 3.63) is 53.3 Å². The molecule has 0 aliphatic heterocycles. The second-order valence-electron chi connectivity index (χ2n) is 4.08. The van der Waals surface area contributed by atoms with E-state index in [1.54, 1.807) is 19.1 Å². The number of benzene rings is 2. The number of hydrogen-bond acceptors (Lipinski definition) is 3. The molecule has 0 radical (unpaired) electrons. The third kappa shape index (κ3) is 2.88. The molecule has 0 aliphatic carbocycles. The molecule has 2 aromatic carbocycles. The molecule has 0 spiro atoms. The maximum Gasteiger partial charge on any atom is 0.126 e. The zero-order chi connectivity index (χ0) is 13.8. The number of nitrogens with zero attached hydrogens (tertiary/aromatic N) is 1. The highest BCUT2D eigenvalue weighted by Crippen LogP contribution is 2.29. The van der Waals surface area contributed by atoms with Gasteiger partial charge in [0.25, 0.3) is 0 Å². The molecule has 2 rings (SSSR count). The van der Waals surface area contributed by atoms with Crippen LogP contribution in [0.25, 0.3) is 0 Å². The van der Waals surface area contributed by atoms with Crippen LogP contribution in [0.3, 0.4) is 0 Å². The van der Waals surface area contributed by atoms with Gasteiger partial charge < -0.3 is 5.32 Å². The quantitative estimate of drug-likeness (QED) is 0.837. The Balaban J connectivity index is 2.38. The lowest BCUT2D eigenvalue weighted by Crippen LogP contribution is -1.96. The van der Waals surface area contributed by atoms with E-state index in [0.717, 1.165) is 16.3 Å². The molecule has 96 valence electrons. The van der Waals surface area contributed by atoms with Crippen LogP contribution in [0.4, 0.5) is 15.8 Å². The molecule has 0 heterocycles. The van der Waals surface area contributed by atoms with Crippen LogP contribution in [0.2, 0.25) is 0 Å². The van der Waals surface area contributed by atoms with Gasteiger partial charge in [0.15, 0.2) is 0 Å². The van der Waals surface area contributed by atoms with Crippen LogP contribution < -0.4 is 5.32 Å². The van der Waals surface area contributed by atoms with Crippen molar-refractivity contribution in [3.8, 4) is 6.07 Å². The summed E-state index contributed by atoms with van der Waals surface area (Å²) < 4.78 is 13.2. The van der Waals surface area contributed by atoms with E-state index in [2.05, 4.69) is 11.4 Å². The Bertz CT molecular complexity index is 647. The van der Waals surface area contributed by atoms with Crippen molar-refractivity contribution in [2.75, 3.05) is 11.6 Å². The van der Waals surface area contributed by atoms with Gasteiger partial charge >= 0.3 is 0 Å². The molecule has 0 unspecified atom stereocenters. The molecule has 0 saturated heterocycles. The molecule has 0 amide bonds. The number of hydrogen-bond donors (Lipinski definition) is 1. The average molecular weight is 272 g/mol. The van der Waals surface area contributed by atoms with Crippen LogP contribution in [-0.4, -0.2) is 6.26 Å². The average Bonchev–Trinajstić information content (AvgIpc) is 2.42. The Morgan fingerprint density at radius 2 is 2.05 bits per heavy atom. The minimum Gasteiger partial charge on any atom is -0.354 e. The van der Waals surface area contributed by atoms with Gasteiger partial charge in [-0.05, 0) is 49.1 Å². The number of halogens is 1. The zero-order valence-electron chi connectivity index (χ0n) is 10.7. The first-order chi connectivity index (χ1) is 9.15. The molecule has 19 heavy (non-hydrogen) atoms. The molecule has 0 saturated carbocycles. The van der Waals surface area contributed by atoms with Gasteiger partial charge in [0.2, 0.25) is 0 Å². The number of nitrogens with one attached hydrogen (secondary N) is 1. The van der Waals surface area contributed by atoms with Gasteiger partial charge in [0, 0.05) is 10.6 Å².